The summed E-state index contributed by atoms with van der Waals surface area (Å²) in [7, 11) is 0. The Morgan fingerprint density at radius 1 is 1.26 bits per heavy atom. The maximum Gasteiger partial charge on any atom is 0.326 e. The summed E-state index contributed by atoms with van der Waals surface area (Å²) in [5.41, 5.74) is -1.16. The van der Waals surface area contributed by atoms with E-state index in [1.165, 1.54) is 0 Å². The van der Waals surface area contributed by atoms with Gasteiger partial charge in [0, 0.05) is 0 Å². The monoisotopic (exact) mass is 269 g/mol. The first-order valence-electron chi connectivity index (χ1n) is 5.47. The molecule has 1 aliphatic rings. The summed E-state index contributed by atoms with van der Waals surface area (Å²) in [4.78, 5) is 35.1. The summed E-state index contributed by atoms with van der Waals surface area (Å²) in [6, 6.07) is 1.55. The molecule has 5 nitrogen and oxygen atoms in total. The van der Waals surface area contributed by atoms with E-state index in [0.717, 1.165) is 12.1 Å². The van der Waals surface area contributed by atoms with Gasteiger partial charge in [-0.2, -0.15) is 0 Å². The third kappa shape index (κ3) is 2.07. The highest BCUT2D eigenvalue weighted by Gasteiger charge is 2.41. The van der Waals surface area contributed by atoms with Gasteiger partial charge in [0.1, 0.15) is 18.2 Å². The third-order valence-corrected chi connectivity index (χ3v) is 2.61. The fourth-order valence-electron chi connectivity index (χ4n) is 1.84. The average molecular weight is 269 g/mol. The minimum absolute atomic E-state index is 0.0767. The van der Waals surface area contributed by atoms with Gasteiger partial charge >= 0.3 is 5.97 Å². The van der Waals surface area contributed by atoms with Crippen molar-refractivity contribution in [3.8, 4) is 0 Å². The van der Waals surface area contributed by atoms with Crippen molar-refractivity contribution >= 4 is 23.3 Å². The lowest BCUT2D eigenvalue weighted by molar-refractivity contribution is -0.142. The van der Waals surface area contributed by atoms with E-state index in [4.69, 9.17) is 0 Å². The van der Waals surface area contributed by atoms with E-state index in [1.54, 1.807) is 6.92 Å². The first-order chi connectivity index (χ1) is 8.97. The van der Waals surface area contributed by atoms with Crippen molar-refractivity contribution in [1.82, 2.24) is 0 Å². The zero-order chi connectivity index (χ0) is 14.2. The molecule has 0 spiro atoms. The van der Waals surface area contributed by atoms with Gasteiger partial charge in [-0.3, -0.25) is 19.3 Å². The maximum absolute atomic E-state index is 13.6. The van der Waals surface area contributed by atoms with Crippen LogP contribution in [0.25, 0.3) is 0 Å². The molecule has 1 aromatic rings. The second kappa shape index (κ2) is 4.75. The molecule has 0 unspecified atom stereocenters. The molecule has 1 heterocycles. The number of fused-ring (bicyclic) bond motifs is 1. The van der Waals surface area contributed by atoms with Crippen LogP contribution in [0.15, 0.2) is 12.1 Å². The fraction of sp³-hybridized carbons (Fsp3) is 0.250. The first-order valence-corrected chi connectivity index (χ1v) is 5.47. The van der Waals surface area contributed by atoms with E-state index in [2.05, 4.69) is 4.74 Å². The largest absolute Gasteiger partial charge is 0.465 e. The molecule has 0 aromatic heterocycles. The van der Waals surface area contributed by atoms with Crippen LogP contribution >= 0.6 is 0 Å². The summed E-state index contributed by atoms with van der Waals surface area (Å²) in [6.07, 6.45) is 0. The number of amides is 1. The Morgan fingerprint density at radius 3 is 2.53 bits per heavy atom. The standard InChI is InChI=1S/C12H9F2NO4/c1-2-19-8(16)5-15-10-7(14)4-3-6(13)9(10)11(17)12(15)18/h3-4H,2,5H2,1H3. The number of halogens is 2. The van der Waals surface area contributed by atoms with Gasteiger partial charge in [0.2, 0.25) is 0 Å². The Morgan fingerprint density at radius 2 is 1.89 bits per heavy atom. The molecule has 100 valence electrons. The molecular formula is C12H9F2NO4. The molecule has 0 aliphatic carbocycles. The zero-order valence-electron chi connectivity index (χ0n) is 9.91. The number of nitrogens with zero attached hydrogens (tertiary/aromatic N) is 1. The lowest BCUT2D eigenvalue weighted by Crippen LogP contribution is -2.35. The van der Waals surface area contributed by atoms with E-state index in [1.807, 2.05) is 0 Å². The third-order valence-electron chi connectivity index (χ3n) is 2.61. The Balaban J connectivity index is 2.44. The molecule has 0 radical (unpaired) electrons. The number of hydrogen-bond acceptors (Lipinski definition) is 4. The lowest BCUT2D eigenvalue weighted by Gasteiger charge is -2.15. The Hall–Kier alpha value is -2.31. The van der Waals surface area contributed by atoms with Crippen molar-refractivity contribution in [2.24, 2.45) is 0 Å². The normalized spacial score (nSPS) is 13.7. The SMILES string of the molecule is CCOC(=O)CN1C(=O)C(=O)c2c(F)ccc(F)c21. The van der Waals surface area contributed by atoms with Crippen LogP contribution in [0.1, 0.15) is 17.3 Å². The Bertz CT molecular complexity index is 585. The summed E-state index contributed by atoms with van der Waals surface area (Å²) >= 11 is 0. The number of carbonyl (C=O) groups excluding carboxylic acids is 3. The zero-order valence-corrected chi connectivity index (χ0v) is 9.91. The van der Waals surface area contributed by atoms with Gasteiger partial charge in [-0.15, -0.1) is 0 Å². The Kier molecular flexibility index (Phi) is 3.28. The van der Waals surface area contributed by atoms with Crippen molar-refractivity contribution in [3.05, 3.63) is 29.3 Å². The van der Waals surface area contributed by atoms with Crippen LogP contribution in [-0.2, 0) is 14.3 Å². The van der Waals surface area contributed by atoms with Crippen molar-refractivity contribution in [2.45, 2.75) is 6.92 Å². The summed E-state index contributed by atoms with van der Waals surface area (Å²) in [6.45, 7) is 1.00. The van der Waals surface area contributed by atoms with Crippen molar-refractivity contribution in [1.29, 1.82) is 0 Å². The van der Waals surface area contributed by atoms with Crippen LogP contribution in [0.5, 0.6) is 0 Å². The second-order valence-corrected chi connectivity index (χ2v) is 3.78. The molecule has 0 bridgehead atoms. The van der Waals surface area contributed by atoms with Crippen LogP contribution in [0, 0.1) is 11.6 Å². The molecule has 1 amide bonds. The first kappa shape index (κ1) is 13.1. The maximum atomic E-state index is 13.6. The highest BCUT2D eigenvalue weighted by Crippen LogP contribution is 2.33. The van der Waals surface area contributed by atoms with Gasteiger partial charge in [0.05, 0.1) is 17.9 Å². The van der Waals surface area contributed by atoms with Crippen LogP contribution in [-0.4, -0.2) is 30.8 Å². The van der Waals surface area contributed by atoms with Gasteiger partial charge in [0.15, 0.2) is 0 Å². The van der Waals surface area contributed by atoms with E-state index in [-0.39, 0.29) is 6.61 Å². The van der Waals surface area contributed by atoms with Crippen LogP contribution in [0.2, 0.25) is 0 Å². The van der Waals surface area contributed by atoms with Gasteiger partial charge < -0.3 is 4.74 Å². The molecule has 1 aromatic carbocycles. The van der Waals surface area contributed by atoms with Gasteiger partial charge in [0.25, 0.3) is 11.7 Å². The van der Waals surface area contributed by atoms with Gasteiger partial charge in [-0.1, -0.05) is 0 Å². The summed E-state index contributed by atoms with van der Waals surface area (Å²) in [5, 5.41) is 0. The van der Waals surface area contributed by atoms with Crippen LogP contribution in [0.3, 0.4) is 0 Å². The quantitative estimate of drug-likeness (QED) is 0.608. The molecule has 0 fully saturated rings. The van der Waals surface area contributed by atoms with E-state index >= 15 is 0 Å². The van der Waals surface area contributed by atoms with Crippen LogP contribution < -0.4 is 4.90 Å². The lowest BCUT2D eigenvalue weighted by atomic mass is 10.1. The van der Waals surface area contributed by atoms with Gasteiger partial charge in [-0.25, -0.2) is 8.78 Å². The molecule has 2 rings (SSSR count). The number of hydrogen-bond donors (Lipinski definition) is 0. The fourth-order valence-corrected chi connectivity index (χ4v) is 1.84. The number of esters is 1. The molecule has 0 N–H and O–H groups in total. The molecular weight excluding hydrogens is 260 g/mol. The molecule has 19 heavy (non-hydrogen) atoms. The number of ketones is 1. The number of rotatable bonds is 3. The van der Waals surface area contributed by atoms with E-state index < -0.39 is 47.1 Å². The molecule has 7 heteroatoms. The minimum Gasteiger partial charge on any atom is -0.465 e. The predicted molar refractivity (Wildman–Crippen MR) is 59.7 cm³/mol. The number of ether oxygens (including phenoxy) is 1. The number of benzene rings is 1. The van der Waals surface area contributed by atoms with Crippen molar-refractivity contribution < 1.29 is 27.9 Å². The van der Waals surface area contributed by atoms with Crippen LogP contribution in [0.4, 0.5) is 14.5 Å². The molecule has 0 saturated heterocycles. The molecule has 0 atom stereocenters. The number of Topliss-reactive ketones (excluding diaryl/α,β-unsaturated/α-hetero) is 1. The highest BCUT2D eigenvalue weighted by molar-refractivity contribution is 6.52. The van der Waals surface area contributed by atoms with E-state index in [9.17, 15) is 23.2 Å². The molecule has 1 aliphatic heterocycles. The second-order valence-electron chi connectivity index (χ2n) is 3.78. The smallest absolute Gasteiger partial charge is 0.326 e. The minimum atomic E-state index is -1.17. The van der Waals surface area contributed by atoms with Gasteiger partial charge in [-0.05, 0) is 19.1 Å². The summed E-state index contributed by atoms with van der Waals surface area (Å²) < 4.78 is 31.7. The predicted octanol–water partition coefficient (Wildman–Crippen LogP) is 1.06. The summed E-state index contributed by atoms with van der Waals surface area (Å²) in [5.74, 6) is -5.07. The average Bonchev–Trinajstić information content (AvgIpc) is 2.60. The number of carbonyl (C=O) groups is 3. The van der Waals surface area contributed by atoms with Crippen molar-refractivity contribution in [3.63, 3.8) is 0 Å². The number of anilines is 1. The highest BCUT2D eigenvalue weighted by atomic mass is 19.1. The molecule has 0 saturated carbocycles. The van der Waals surface area contributed by atoms with E-state index in [0.29, 0.717) is 4.90 Å². The topological polar surface area (TPSA) is 63.7 Å². The van der Waals surface area contributed by atoms with Crippen molar-refractivity contribution in [2.75, 3.05) is 18.1 Å². The Labute approximate surface area is 106 Å².